The van der Waals surface area contributed by atoms with E-state index in [-0.39, 0.29) is 12.5 Å². The van der Waals surface area contributed by atoms with Gasteiger partial charge in [-0.05, 0) is 12.1 Å². The van der Waals surface area contributed by atoms with Gasteiger partial charge in [0.05, 0.1) is 17.9 Å². The Morgan fingerprint density at radius 3 is 2.38 bits per heavy atom. The van der Waals surface area contributed by atoms with Gasteiger partial charge in [0.2, 0.25) is 5.91 Å². The smallest absolute Gasteiger partial charge is 0.233 e. The van der Waals surface area contributed by atoms with Crippen molar-refractivity contribution in [2.75, 3.05) is 13.6 Å². The molecule has 1 aromatic heterocycles. The molecule has 0 aliphatic carbocycles. The Morgan fingerprint density at radius 2 is 1.71 bits per heavy atom. The Bertz CT molecular complexity index is 797. The predicted octanol–water partition coefficient (Wildman–Crippen LogP) is 2.37. The van der Waals surface area contributed by atoms with Crippen LogP contribution >= 0.6 is 0 Å². The first kappa shape index (κ1) is 16.0. The summed E-state index contributed by atoms with van der Waals surface area (Å²) in [6, 6.07) is 20.1. The van der Waals surface area contributed by atoms with Crippen LogP contribution in [0.2, 0.25) is 0 Å². The lowest BCUT2D eigenvalue weighted by Crippen LogP contribution is -2.31. The summed E-state index contributed by atoms with van der Waals surface area (Å²) < 4.78 is 1.87. The standard InChI is InChI=1S/C19H20N4O/c1-20-18(24)13-21-12-16-14-23(17-10-6-3-7-11-17)22-19(16)15-8-4-2-5-9-15/h2-11,14,21H,12-13H2,1H3,(H,20,24). The average molecular weight is 320 g/mol. The number of hydrogen-bond acceptors (Lipinski definition) is 3. The second kappa shape index (κ2) is 7.57. The van der Waals surface area contributed by atoms with E-state index in [4.69, 9.17) is 5.10 Å². The van der Waals surface area contributed by atoms with Crippen LogP contribution in [0.15, 0.2) is 66.9 Å². The Balaban J connectivity index is 1.90. The topological polar surface area (TPSA) is 59.0 Å². The van der Waals surface area contributed by atoms with Crippen molar-refractivity contribution in [2.24, 2.45) is 0 Å². The molecule has 0 bridgehead atoms. The van der Waals surface area contributed by atoms with E-state index in [1.165, 1.54) is 0 Å². The molecular weight excluding hydrogens is 300 g/mol. The van der Waals surface area contributed by atoms with Crippen molar-refractivity contribution in [1.29, 1.82) is 0 Å². The van der Waals surface area contributed by atoms with Crippen molar-refractivity contribution in [2.45, 2.75) is 6.54 Å². The first-order valence-corrected chi connectivity index (χ1v) is 7.88. The number of amides is 1. The van der Waals surface area contributed by atoms with Crippen molar-refractivity contribution in [1.82, 2.24) is 20.4 Å². The zero-order chi connectivity index (χ0) is 16.8. The van der Waals surface area contributed by atoms with Crippen LogP contribution in [0.25, 0.3) is 16.9 Å². The van der Waals surface area contributed by atoms with E-state index < -0.39 is 0 Å². The first-order chi connectivity index (χ1) is 11.8. The maximum atomic E-state index is 11.4. The van der Waals surface area contributed by atoms with Crippen LogP contribution < -0.4 is 10.6 Å². The lowest BCUT2D eigenvalue weighted by molar-refractivity contribution is -0.119. The highest BCUT2D eigenvalue weighted by molar-refractivity contribution is 5.77. The van der Waals surface area contributed by atoms with Gasteiger partial charge in [-0.25, -0.2) is 4.68 Å². The second-order valence-electron chi connectivity index (χ2n) is 5.43. The molecule has 0 saturated carbocycles. The molecule has 2 N–H and O–H groups in total. The normalized spacial score (nSPS) is 10.5. The van der Waals surface area contributed by atoms with Gasteiger partial charge in [0.25, 0.3) is 0 Å². The van der Waals surface area contributed by atoms with Gasteiger partial charge >= 0.3 is 0 Å². The van der Waals surface area contributed by atoms with E-state index in [1.807, 2.05) is 71.5 Å². The second-order valence-corrected chi connectivity index (χ2v) is 5.43. The van der Waals surface area contributed by atoms with Crippen LogP contribution in [0.1, 0.15) is 5.56 Å². The molecule has 1 amide bonds. The van der Waals surface area contributed by atoms with Gasteiger partial charge in [-0.3, -0.25) is 4.79 Å². The maximum absolute atomic E-state index is 11.4. The number of benzene rings is 2. The Kier molecular flexibility index (Phi) is 5.03. The zero-order valence-corrected chi connectivity index (χ0v) is 13.6. The lowest BCUT2D eigenvalue weighted by atomic mass is 10.1. The van der Waals surface area contributed by atoms with E-state index in [9.17, 15) is 4.79 Å². The quantitative estimate of drug-likeness (QED) is 0.733. The minimum absolute atomic E-state index is 0.0355. The molecule has 0 saturated heterocycles. The monoisotopic (exact) mass is 320 g/mol. The van der Waals surface area contributed by atoms with Gasteiger partial charge in [0, 0.05) is 30.9 Å². The molecule has 0 radical (unpaired) electrons. The summed E-state index contributed by atoms with van der Waals surface area (Å²) in [4.78, 5) is 11.4. The highest BCUT2D eigenvalue weighted by Crippen LogP contribution is 2.23. The molecule has 0 spiro atoms. The number of carbonyl (C=O) groups excluding carboxylic acids is 1. The van der Waals surface area contributed by atoms with Gasteiger partial charge in [0.1, 0.15) is 0 Å². The summed E-state index contributed by atoms with van der Waals surface area (Å²) in [5.41, 5.74) is 4.04. The molecule has 0 atom stereocenters. The largest absolute Gasteiger partial charge is 0.358 e. The predicted molar refractivity (Wildman–Crippen MR) is 94.8 cm³/mol. The Morgan fingerprint density at radius 1 is 1.04 bits per heavy atom. The lowest BCUT2D eigenvalue weighted by Gasteiger charge is -2.04. The molecule has 1 heterocycles. The van der Waals surface area contributed by atoms with E-state index in [0.717, 1.165) is 22.5 Å². The van der Waals surface area contributed by atoms with Crippen molar-refractivity contribution in [3.05, 3.63) is 72.4 Å². The molecule has 0 fully saturated rings. The molecule has 0 aliphatic heterocycles. The van der Waals surface area contributed by atoms with Crippen molar-refractivity contribution < 1.29 is 4.79 Å². The van der Waals surface area contributed by atoms with Gasteiger partial charge < -0.3 is 10.6 Å². The Hall–Kier alpha value is -2.92. The number of likely N-dealkylation sites (N-methyl/N-ethyl adjacent to an activating group) is 1. The Labute approximate surface area is 141 Å². The van der Waals surface area contributed by atoms with E-state index >= 15 is 0 Å². The summed E-state index contributed by atoms with van der Waals surface area (Å²) in [6.07, 6.45) is 2.01. The maximum Gasteiger partial charge on any atom is 0.233 e. The third kappa shape index (κ3) is 3.70. The summed E-state index contributed by atoms with van der Waals surface area (Å²) in [5, 5.41) is 10.5. The SMILES string of the molecule is CNC(=O)CNCc1cn(-c2ccccc2)nc1-c1ccccc1. The van der Waals surface area contributed by atoms with Crippen LogP contribution in [-0.2, 0) is 11.3 Å². The van der Waals surface area contributed by atoms with Gasteiger partial charge in [0.15, 0.2) is 0 Å². The fourth-order valence-electron chi connectivity index (χ4n) is 2.49. The highest BCUT2D eigenvalue weighted by atomic mass is 16.1. The molecule has 122 valence electrons. The van der Waals surface area contributed by atoms with Crippen LogP contribution in [0, 0.1) is 0 Å². The van der Waals surface area contributed by atoms with Crippen molar-refractivity contribution in [3.63, 3.8) is 0 Å². The van der Waals surface area contributed by atoms with Crippen LogP contribution in [0.3, 0.4) is 0 Å². The molecule has 0 aliphatic rings. The van der Waals surface area contributed by atoms with Gasteiger partial charge in [-0.2, -0.15) is 5.10 Å². The summed E-state index contributed by atoms with van der Waals surface area (Å²) >= 11 is 0. The minimum atomic E-state index is -0.0355. The number of nitrogens with zero attached hydrogens (tertiary/aromatic N) is 2. The van der Waals surface area contributed by atoms with Crippen LogP contribution in [0.4, 0.5) is 0 Å². The molecule has 5 heteroatoms. The number of aromatic nitrogens is 2. The molecule has 3 rings (SSSR count). The highest BCUT2D eigenvalue weighted by Gasteiger charge is 2.12. The fraction of sp³-hybridized carbons (Fsp3) is 0.158. The molecule has 2 aromatic carbocycles. The molecule has 24 heavy (non-hydrogen) atoms. The number of carbonyl (C=O) groups is 1. The first-order valence-electron chi connectivity index (χ1n) is 7.88. The average Bonchev–Trinajstić information content (AvgIpc) is 3.07. The van der Waals surface area contributed by atoms with Crippen LogP contribution in [0.5, 0.6) is 0 Å². The third-order valence-electron chi connectivity index (χ3n) is 3.74. The minimum Gasteiger partial charge on any atom is -0.358 e. The summed E-state index contributed by atoms with van der Waals surface area (Å²) in [6.45, 7) is 0.853. The number of rotatable bonds is 6. The summed E-state index contributed by atoms with van der Waals surface area (Å²) in [7, 11) is 1.63. The van der Waals surface area contributed by atoms with Crippen molar-refractivity contribution >= 4 is 5.91 Å². The number of para-hydroxylation sites is 1. The summed E-state index contributed by atoms with van der Waals surface area (Å²) in [5.74, 6) is -0.0355. The van der Waals surface area contributed by atoms with Gasteiger partial charge in [-0.1, -0.05) is 48.5 Å². The number of hydrogen-bond donors (Lipinski definition) is 2. The number of nitrogens with one attached hydrogen (secondary N) is 2. The van der Waals surface area contributed by atoms with Crippen LogP contribution in [-0.4, -0.2) is 29.3 Å². The van der Waals surface area contributed by atoms with E-state index in [1.54, 1.807) is 7.05 Å². The van der Waals surface area contributed by atoms with E-state index in [0.29, 0.717) is 6.54 Å². The molecular formula is C19H20N4O. The molecule has 5 nitrogen and oxygen atoms in total. The third-order valence-corrected chi connectivity index (χ3v) is 3.74. The zero-order valence-electron chi connectivity index (χ0n) is 13.6. The van der Waals surface area contributed by atoms with E-state index in [2.05, 4.69) is 10.6 Å². The molecule has 0 unspecified atom stereocenters. The van der Waals surface area contributed by atoms with Gasteiger partial charge in [-0.15, -0.1) is 0 Å². The molecule has 3 aromatic rings. The van der Waals surface area contributed by atoms with Crippen molar-refractivity contribution in [3.8, 4) is 16.9 Å². The fourth-order valence-corrected chi connectivity index (χ4v) is 2.49.